The molecule has 1 aliphatic heterocycles. The van der Waals surface area contributed by atoms with E-state index < -0.39 is 12.0 Å². The summed E-state index contributed by atoms with van der Waals surface area (Å²) in [5.41, 5.74) is 0.907. The zero-order valence-electron chi connectivity index (χ0n) is 9.92. The van der Waals surface area contributed by atoms with E-state index in [9.17, 15) is 9.90 Å². The highest BCUT2D eigenvalue weighted by atomic mass is 32.2. The van der Waals surface area contributed by atoms with Crippen LogP contribution < -0.4 is 10.1 Å². The quantitative estimate of drug-likeness (QED) is 0.770. The Morgan fingerprint density at radius 2 is 2.39 bits per heavy atom. The molecular formula is C12H15NO4S. The normalized spacial score (nSPS) is 22.9. The topological polar surface area (TPSA) is 78.8 Å². The van der Waals surface area contributed by atoms with Gasteiger partial charge in [0.2, 0.25) is 0 Å². The molecule has 1 heterocycles. The number of benzene rings is 1. The molecule has 0 spiro atoms. The number of carboxylic acid groups (broad SMARTS) is 1. The van der Waals surface area contributed by atoms with Gasteiger partial charge in [0.05, 0.1) is 12.0 Å². The second-order valence-electron chi connectivity index (χ2n) is 3.93. The van der Waals surface area contributed by atoms with Crippen LogP contribution in [-0.4, -0.2) is 34.6 Å². The van der Waals surface area contributed by atoms with Crippen molar-refractivity contribution in [2.45, 2.75) is 18.3 Å². The number of hydrogen-bond donors (Lipinski definition) is 3. The Morgan fingerprint density at radius 1 is 1.61 bits per heavy atom. The third-order valence-corrected chi connectivity index (χ3v) is 3.93. The lowest BCUT2D eigenvalue weighted by Crippen LogP contribution is -2.33. The first kappa shape index (κ1) is 13.0. The van der Waals surface area contributed by atoms with Gasteiger partial charge in [-0.25, -0.2) is 0 Å². The summed E-state index contributed by atoms with van der Waals surface area (Å²) in [5, 5.41) is 21.5. The summed E-state index contributed by atoms with van der Waals surface area (Å²) in [6.45, 7) is 2.31. The van der Waals surface area contributed by atoms with E-state index in [0.717, 1.165) is 5.56 Å². The predicted octanol–water partition coefficient (Wildman–Crippen LogP) is 1.58. The standard InChI is InChI=1S/C12H15NO4S/c1-2-17-10-5-7(3-4-9(10)14)11-13-8(6-18-11)12(15)16/h3-5,8,11,13-14H,2,6H2,1H3,(H,15,16)/t8-,11-/m1/s1. The van der Waals surface area contributed by atoms with Crippen molar-refractivity contribution in [3.05, 3.63) is 23.8 Å². The van der Waals surface area contributed by atoms with Crippen molar-refractivity contribution in [2.75, 3.05) is 12.4 Å². The molecule has 0 aromatic heterocycles. The largest absolute Gasteiger partial charge is 0.504 e. The van der Waals surface area contributed by atoms with Crippen molar-refractivity contribution in [3.63, 3.8) is 0 Å². The van der Waals surface area contributed by atoms with E-state index in [2.05, 4.69) is 5.32 Å². The number of ether oxygens (including phenoxy) is 1. The van der Waals surface area contributed by atoms with Crippen LogP contribution in [0.5, 0.6) is 11.5 Å². The monoisotopic (exact) mass is 269 g/mol. The zero-order chi connectivity index (χ0) is 13.1. The van der Waals surface area contributed by atoms with Crippen LogP contribution >= 0.6 is 11.8 Å². The SMILES string of the molecule is CCOc1cc([C@@H]2N[C@@H](C(=O)O)CS2)ccc1O. The average Bonchev–Trinajstić information content (AvgIpc) is 2.82. The number of thioether (sulfide) groups is 1. The smallest absolute Gasteiger partial charge is 0.321 e. The molecular weight excluding hydrogens is 254 g/mol. The van der Waals surface area contributed by atoms with Crippen LogP contribution in [0.25, 0.3) is 0 Å². The van der Waals surface area contributed by atoms with Crippen LogP contribution in [0.1, 0.15) is 17.9 Å². The summed E-state index contributed by atoms with van der Waals surface area (Å²) in [7, 11) is 0. The molecule has 1 aromatic carbocycles. The lowest BCUT2D eigenvalue weighted by Gasteiger charge is -2.13. The van der Waals surface area contributed by atoms with E-state index in [0.29, 0.717) is 18.1 Å². The molecule has 6 heteroatoms. The second kappa shape index (κ2) is 5.49. The molecule has 1 saturated heterocycles. The maximum absolute atomic E-state index is 10.9. The van der Waals surface area contributed by atoms with Crippen LogP contribution in [0.3, 0.4) is 0 Å². The van der Waals surface area contributed by atoms with E-state index in [1.54, 1.807) is 18.2 Å². The Balaban J connectivity index is 2.14. The van der Waals surface area contributed by atoms with Crippen LogP contribution in [0.4, 0.5) is 0 Å². The number of rotatable bonds is 4. The van der Waals surface area contributed by atoms with Crippen molar-refractivity contribution in [3.8, 4) is 11.5 Å². The van der Waals surface area contributed by atoms with Crippen LogP contribution in [0.2, 0.25) is 0 Å². The molecule has 1 fully saturated rings. The number of phenols is 1. The Morgan fingerprint density at radius 3 is 3.00 bits per heavy atom. The number of carboxylic acids is 1. The first-order valence-corrected chi connectivity index (χ1v) is 6.73. The number of carbonyl (C=O) groups is 1. The highest BCUT2D eigenvalue weighted by molar-refractivity contribution is 7.99. The van der Waals surface area contributed by atoms with E-state index >= 15 is 0 Å². The van der Waals surface area contributed by atoms with Gasteiger partial charge in [0.15, 0.2) is 11.5 Å². The fraction of sp³-hybridized carbons (Fsp3) is 0.417. The van der Waals surface area contributed by atoms with Gasteiger partial charge in [-0.2, -0.15) is 0 Å². The first-order valence-electron chi connectivity index (χ1n) is 5.68. The number of nitrogens with one attached hydrogen (secondary N) is 1. The van der Waals surface area contributed by atoms with E-state index in [1.165, 1.54) is 11.8 Å². The Bertz CT molecular complexity index is 452. The summed E-state index contributed by atoms with van der Waals surface area (Å²) < 4.78 is 5.31. The van der Waals surface area contributed by atoms with Gasteiger partial charge in [-0.15, -0.1) is 11.8 Å². The molecule has 0 aliphatic carbocycles. The molecule has 98 valence electrons. The second-order valence-corrected chi connectivity index (χ2v) is 5.07. The van der Waals surface area contributed by atoms with Crippen LogP contribution in [0.15, 0.2) is 18.2 Å². The van der Waals surface area contributed by atoms with Crippen molar-refractivity contribution in [2.24, 2.45) is 0 Å². The fourth-order valence-corrected chi connectivity index (χ4v) is 2.99. The number of hydrogen-bond acceptors (Lipinski definition) is 5. The highest BCUT2D eigenvalue weighted by Crippen LogP contribution is 2.37. The summed E-state index contributed by atoms with van der Waals surface area (Å²) in [6.07, 6.45) is 0. The molecule has 2 atom stereocenters. The van der Waals surface area contributed by atoms with Gasteiger partial charge < -0.3 is 14.9 Å². The van der Waals surface area contributed by atoms with E-state index in [4.69, 9.17) is 9.84 Å². The summed E-state index contributed by atoms with van der Waals surface area (Å²) in [5.74, 6) is 0.216. The molecule has 18 heavy (non-hydrogen) atoms. The maximum Gasteiger partial charge on any atom is 0.321 e. The van der Waals surface area contributed by atoms with Gasteiger partial charge in [0.25, 0.3) is 0 Å². The molecule has 0 radical (unpaired) electrons. The lowest BCUT2D eigenvalue weighted by atomic mass is 10.2. The number of phenolic OH excluding ortho intramolecular Hbond substituents is 1. The van der Waals surface area contributed by atoms with E-state index in [1.807, 2.05) is 6.92 Å². The molecule has 0 bridgehead atoms. The maximum atomic E-state index is 10.9. The van der Waals surface area contributed by atoms with Crippen LogP contribution in [0, 0.1) is 0 Å². The minimum atomic E-state index is -0.839. The van der Waals surface area contributed by atoms with Gasteiger partial charge in [0.1, 0.15) is 6.04 Å². The number of aliphatic carboxylic acids is 1. The average molecular weight is 269 g/mol. The fourth-order valence-electron chi connectivity index (χ4n) is 1.77. The molecule has 1 aromatic rings. The molecule has 2 rings (SSSR count). The lowest BCUT2D eigenvalue weighted by molar-refractivity contribution is -0.138. The van der Waals surface area contributed by atoms with Crippen molar-refractivity contribution in [1.82, 2.24) is 5.32 Å². The number of aromatic hydroxyl groups is 1. The molecule has 3 N–H and O–H groups in total. The zero-order valence-corrected chi connectivity index (χ0v) is 10.7. The van der Waals surface area contributed by atoms with Gasteiger partial charge in [-0.3, -0.25) is 10.1 Å². The van der Waals surface area contributed by atoms with Crippen molar-refractivity contribution < 1.29 is 19.7 Å². The Kier molecular flexibility index (Phi) is 3.98. The summed E-state index contributed by atoms with van der Waals surface area (Å²) in [4.78, 5) is 10.9. The van der Waals surface area contributed by atoms with Gasteiger partial charge in [-0.1, -0.05) is 6.07 Å². The molecule has 0 amide bonds. The predicted molar refractivity (Wildman–Crippen MR) is 69.0 cm³/mol. The van der Waals surface area contributed by atoms with Crippen molar-refractivity contribution >= 4 is 17.7 Å². The minimum absolute atomic E-state index is 0.0779. The van der Waals surface area contributed by atoms with E-state index in [-0.39, 0.29) is 11.1 Å². The third-order valence-electron chi connectivity index (χ3n) is 2.67. The molecule has 1 aliphatic rings. The molecule has 0 unspecified atom stereocenters. The van der Waals surface area contributed by atoms with Crippen LogP contribution in [-0.2, 0) is 4.79 Å². The Labute approximate surface area is 109 Å². The van der Waals surface area contributed by atoms with Gasteiger partial charge in [0, 0.05) is 5.75 Å². The minimum Gasteiger partial charge on any atom is -0.504 e. The molecule has 5 nitrogen and oxygen atoms in total. The highest BCUT2D eigenvalue weighted by Gasteiger charge is 2.30. The Hall–Kier alpha value is -1.40. The first-order chi connectivity index (χ1) is 8.61. The van der Waals surface area contributed by atoms with Gasteiger partial charge >= 0.3 is 5.97 Å². The third kappa shape index (κ3) is 2.70. The molecule has 0 saturated carbocycles. The van der Waals surface area contributed by atoms with Gasteiger partial charge in [-0.05, 0) is 24.6 Å². The van der Waals surface area contributed by atoms with Crippen molar-refractivity contribution in [1.29, 1.82) is 0 Å². The summed E-state index contributed by atoms with van der Waals surface area (Å²) >= 11 is 1.54. The summed E-state index contributed by atoms with van der Waals surface area (Å²) in [6, 6.07) is 4.56.